The van der Waals surface area contributed by atoms with Crippen LogP contribution < -0.4 is 16.2 Å². The van der Waals surface area contributed by atoms with Gasteiger partial charge in [-0.15, -0.1) is 11.8 Å². The predicted octanol–water partition coefficient (Wildman–Crippen LogP) is 2.03. The lowest BCUT2D eigenvalue weighted by molar-refractivity contribution is -0.125. The van der Waals surface area contributed by atoms with Crippen molar-refractivity contribution in [3.8, 4) is 0 Å². The topological polar surface area (TPSA) is 53.2 Å². The van der Waals surface area contributed by atoms with Crippen molar-refractivity contribution in [2.45, 2.75) is 44.1 Å². The first kappa shape index (κ1) is 15.4. The van der Waals surface area contributed by atoms with Gasteiger partial charge in [0.1, 0.15) is 11.5 Å². The van der Waals surface area contributed by atoms with Gasteiger partial charge >= 0.3 is 0 Å². The van der Waals surface area contributed by atoms with Crippen LogP contribution in [0, 0.1) is 0 Å². The lowest BCUT2D eigenvalue weighted by atomic mass is 10.1. The summed E-state index contributed by atoms with van der Waals surface area (Å²) in [5.74, 6) is 1.14. The molecule has 20 heavy (non-hydrogen) atoms. The monoisotopic (exact) mass is 293 g/mol. The van der Waals surface area contributed by atoms with Crippen LogP contribution in [0.3, 0.4) is 0 Å². The number of rotatable bonds is 7. The van der Waals surface area contributed by atoms with E-state index in [-0.39, 0.29) is 17.4 Å². The Morgan fingerprint density at radius 1 is 1.15 bits per heavy atom. The molecular weight excluding hydrogens is 270 g/mol. The number of hydrogen-bond acceptors (Lipinski definition) is 4. The molecule has 110 valence electrons. The summed E-state index contributed by atoms with van der Waals surface area (Å²) in [4.78, 5) is 12.1. The molecule has 2 atom stereocenters. The minimum absolute atomic E-state index is 0.0219. The molecule has 1 heterocycles. The fourth-order valence-electron chi connectivity index (χ4n) is 2.14. The van der Waals surface area contributed by atoms with Crippen molar-refractivity contribution in [3.05, 3.63) is 35.9 Å². The highest BCUT2D eigenvalue weighted by Crippen LogP contribution is 2.12. The fraction of sp³-hybridized carbons (Fsp3) is 0.533. The second kappa shape index (κ2) is 8.29. The first-order valence-corrected chi connectivity index (χ1v) is 8.31. The molecule has 0 radical (unpaired) electrons. The summed E-state index contributed by atoms with van der Waals surface area (Å²) in [6, 6.07) is 9.86. The summed E-state index contributed by atoms with van der Waals surface area (Å²) in [7, 11) is 0. The summed E-state index contributed by atoms with van der Waals surface area (Å²) in [5.41, 5.74) is 7.44. The highest BCUT2D eigenvalue weighted by molar-refractivity contribution is 7.99. The predicted molar refractivity (Wildman–Crippen MR) is 84.1 cm³/mol. The molecule has 1 aromatic rings. The Bertz CT molecular complexity index is 413. The zero-order valence-electron chi connectivity index (χ0n) is 11.9. The van der Waals surface area contributed by atoms with E-state index in [1.54, 1.807) is 11.8 Å². The van der Waals surface area contributed by atoms with Crippen molar-refractivity contribution in [1.82, 2.24) is 16.2 Å². The van der Waals surface area contributed by atoms with E-state index in [9.17, 15) is 4.79 Å². The molecule has 2 rings (SSSR count). The lowest BCUT2D eigenvalue weighted by Crippen LogP contribution is -2.64. The zero-order chi connectivity index (χ0) is 14.2. The van der Waals surface area contributed by atoms with Crippen LogP contribution in [-0.2, 0) is 11.2 Å². The maximum atomic E-state index is 12.1. The summed E-state index contributed by atoms with van der Waals surface area (Å²) in [5, 5.41) is 3.01. The van der Waals surface area contributed by atoms with Crippen molar-refractivity contribution < 1.29 is 4.79 Å². The molecule has 1 fully saturated rings. The van der Waals surface area contributed by atoms with Gasteiger partial charge in [-0.3, -0.25) is 4.79 Å². The van der Waals surface area contributed by atoms with E-state index in [4.69, 9.17) is 0 Å². The molecule has 1 aliphatic rings. The Hall–Kier alpha value is -1.04. The number of hydrogen-bond donors (Lipinski definition) is 3. The van der Waals surface area contributed by atoms with Crippen molar-refractivity contribution in [2.75, 3.05) is 5.75 Å². The SMILES string of the molecule is CCCCCSC1NNC(Cc2ccccc2)C(=O)N1. The van der Waals surface area contributed by atoms with Gasteiger partial charge in [0, 0.05) is 0 Å². The van der Waals surface area contributed by atoms with Gasteiger partial charge in [-0.05, 0) is 24.2 Å². The summed E-state index contributed by atoms with van der Waals surface area (Å²) in [6.07, 6.45) is 4.37. The number of carbonyl (C=O) groups excluding carboxylic acids is 1. The average molecular weight is 293 g/mol. The Balaban J connectivity index is 1.73. The Kier molecular flexibility index (Phi) is 6.36. The highest BCUT2D eigenvalue weighted by Gasteiger charge is 2.26. The van der Waals surface area contributed by atoms with Gasteiger partial charge in [0.05, 0.1) is 0 Å². The number of nitrogens with one attached hydrogen (secondary N) is 3. The van der Waals surface area contributed by atoms with Gasteiger partial charge in [0.25, 0.3) is 0 Å². The van der Waals surface area contributed by atoms with Crippen LogP contribution >= 0.6 is 11.8 Å². The summed E-state index contributed by atoms with van der Waals surface area (Å²) >= 11 is 1.74. The quantitative estimate of drug-likeness (QED) is 0.673. The van der Waals surface area contributed by atoms with Crippen molar-refractivity contribution >= 4 is 17.7 Å². The molecule has 5 heteroatoms. The molecule has 4 nitrogen and oxygen atoms in total. The Morgan fingerprint density at radius 2 is 1.95 bits per heavy atom. The first-order chi connectivity index (χ1) is 9.79. The van der Waals surface area contributed by atoms with Gasteiger partial charge in [-0.1, -0.05) is 50.1 Å². The average Bonchev–Trinajstić information content (AvgIpc) is 2.47. The molecule has 1 aliphatic heterocycles. The highest BCUT2D eigenvalue weighted by atomic mass is 32.2. The van der Waals surface area contributed by atoms with Crippen molar-refractivity contribution in [1.29, 1.82) is 0 Å². The largest absolute Gasteiger partial charge is 0.329 e. The Labute approximate surface area is 125 Å². The fourth-order valence-corrected chi connectivity index (χ4v) is 3.10. The van der Waals surface area contributed by atoms with Crippen LogP contribution in [0.4, 0.5) is 0 Å². The van der Waals surface area contributed by atoms with Crippen LogP contribution in [0.5, 0.6) is 0 Å². The van der Waals surface area contributed by atoms with E-state index in [1.807, 2.05) is 30.3 Å². The van der Waals surface area contributed by atoms with E-state index < -0.39 is 0 Å². The molecule has 3 N–H and O–H groups in total. The number of carbonyl (C=O) groups is 1. The molecule has 0 aromatic heterocycles. The molecule has 1 aromatic carbocycles. The van der Waals surface area contributed by atoms with Crippen LogP contribution in [0.1, 0.15) is 31.7 Å². The summed E-state index contributed by atoms with van der Waals surface area (Å²) < 4.78 is 0. The molecule has 1 saturated heterocycles. The minimum Gasteiger partial charge on any atom is -0.329 e. The third kappa shape index (κ3) is 4.81. The number of thioether (sulfide) groups is 1. The van der Waals surface area contributed by atoms with E-state index in [1.165, 1.54) is 19.3 Å². The molecule has 0 spiro atoms. The number of benzene rings is 1. The molecule has 1 amide bonds. The maximum absolute atomic E-state index is 12.1. The Morgan fingerprint density at radius 3 is 2.65 bits per heavy atom. The first-order valence-electron chi connectivity index (χ1n) is 7.26. The molecular formula is C15H23N3OS. The van der Waals surface area contributed by atoms with Crippen LogP contribution in [0.2, 0.25) is 0 Å². The van der Waals surface area contributed by atoms with Crippen molar-refractivity contribution in [2.24, 2.45) is 0 Å². The maximum Gasteiger partial charge on any atom is 0.240 e. The van der Waals surface area contributed by atoms with Crippen LogP contribution in [0.25, 0.3) is 0 Å². The van der Waals surface area contributed by atoms with E-state index in [0.717, 1.165) is 11.3 Å². The van der Waals surface area contributed by atoms with Gasteiger partial charge in [0.2, 0.25) is 5.91 Å². The van der Waals surface area contributed by atoms with Gasteiger partial charge in [0.15, 0.2) is 0 Å². The van der Waals surface area contributed by atoms with Crippen LogP contribution in [-0.4, -0.2) is 23.2 Å². The molecule has 0 bridgehead atoms. The smallest absolute Gasteiger partial charge is 0.240 e. The van der Waals surface area contributed by atoms with E-state index >= 15 is 0 Å². The third-order valence-corrected chi connectivity index (χ3v) is 4.39. The molecule has 0 aliphatic carbocycles. The number of amides is 1. The third-order valence-electron chi connectivity index (χ3n) is 3.29. The number of unbranched alkanes of at least 4 members (excludes halogenated alkanes) is 2. The second-order valence-electron chi connectivity index (χ2n) is 5.00. The molecule has 2 unspecified atom stereocenters. The van der Waals surface area contributed by atoms with Crippen molar-refractivity contribution in [3.63, 3.8) is 0 Å². The van der Waals surface area contributed by atoms with Gasteiger partial charge in [-0.25, -0.2) is 10.9 Å². The normalized spacial score (nSPS) is 22.6. The summed E-state index contributed by atoms with van der Waals surface area (Å²) in [6.45, 7) is 2.20. The standard InChI is InChI=1S/C15H23N3OS/c1-2-3-7-10-20-15-16-14(19)13(17-18-15)11-12-8-5-4-6-9-12/h4-6,8-9,13,15,17-18H,2-3,7,10-11H2,1H3,(H,16,19). The minimum atomic E-state index is -0.204. The van der Waals surface area contributed by atoms with Crippen LogP contribution in [0.15, 0.2) is 30.3 Å². The zero-order valence-corrected chi connectivity index (χ0v) is 12.7. The van der Waals surface area contributed by atoms with E-state index in [0.29, 0.717) is 6.42 Å². The second-order valence-corrected chi connectivity index (χ2v) is 6.21. The molecule has 0 saturated carbocycles. The lowest BCUT2D eigenvalue weighted by Gasteiger charge is -2.31. The number of hydrazine groups is 1. The van der Waals surface area contributed by atoms with Gasteiger partial charge < -0.3 is 5.32 Å². The van der Waals surface area contributed by atoms with Gasteiger partial charge in [-0.2, -0.15) is 0 Å². The van der Waals surface area contributed by atoms with E-state index in [2.05, 4.69) is 23.1 Å².